The number of carbonyl (C=O) groups excluding carboxylic acids is 2. The van der Waals surface area contributed by atoms with Crippen LogP contribution in [0.5, 0.6) is 0 Å². The molecule has 0 radical (unpaired) electrons. The molecule has 3 aromatic rings. The topological polar surface area (TPSA) is 62.3 Å². The Bertz CT molecular complexity index is 1100. The molecule has 1 fully saturated rings. The molecule has 2 aromatic carbocycles. The van der Waals surface area contributed by atoms with E-state index < -0.39 is 0 Å². The predicted molar refractivity (Wildman–Crippen MR) is 128 cm³/mol. The highest BCUT2D eigenvalue weighted by Crippen LogP contribution is 2.29. The first-order valence-electron chi connectivity index (χ1n) is 11.2. The van der Waals surface area contributed by atoms with E-state index in [0.717, 1.165) is 40.9 Å². The Kier molecular flexibility index (Phi) is 6.64. The molecule has 0 unspecified atom stereocenters. The van der Waals surface area contributed by atoms with E-state index in [9.17, 15) is 9.59 Å². The van der Waals surface area contributed by atoms with Gasteiger partial charge < -0.3 is 10.2 Å². The quantitative estimate of drug-likeness (QED) is 0.611. The van der Waals surface area contributed by atoms with Gasteiger partial charge in [-0.25, -0.2) is 0 Å². The largest absolute Gasteiger partial charge is 0.352 e. The lowest BCUT2D eigenvalue weighted by Gasteiger charge is -2.27. The van der Waals surface area contributed by atoms with Crippen molar-refractivity contribution in [1.29, 1.82) is 0 Å². The summed E-state index contributed by atoms with van der Waals surface area (Å²) in [6.45, 7) is 5.22. The summed E-state index contributed by atoms with van der Waals surface area (Å²) in [6.07, 6.45) is 5.02. The average Bonchev–Trinajstić information content (AvgIpc) is 2.81. The normalized spacial score (nSPS) is 13.8. The molecule has 4 rings (SSSR count). The van der Waals surface area contributed by atoms with E-state index in [2.05, 4.69) is 41.5 Å². The highest BCUT2D eigenvalue weighted by Gasteiger charge is 2.21. The van der Waals surface area contributed by atoms with Gasteiger partial charge in [0, 0.05) is 42.7 Å². The second-order valence-corrected chi connectivity index (χ2v) is 8.45. The van der Waals surface area contributed by atoms with Gasteiger partial charge in [0.05, 0.1) is 0 Å². The molecule has 0 spiro atoms. The van der Waals surface area contributed by atoms with Crippen molar-refractivity contribution in [2.45, 2.75) is 39.5 Å². The van der Waals surface area contributed by atoms with Crippen LogP contribution < -0.4 is 10.2 Å². The number of benzene rings is 2. The zero-order valence-electron chi connectivity index (χ0n) is 18.7. The van der Waals surface area contributed by atoms with Crippen LogP contribution in [-0.4, -0.2) is 29.9 Å². The van der Waals surface area contributed by atoms with Crippen molar-refractivity contribution in [3.63, 3.8) is 0 Å². The molecule has 1 aromatic heterocycles. The Balaban J connectivity index is 1.57. The minimum absolute atomic E-state index is 0.121. The summed E-state index contributed by atoms with van der Waals surface area (Å²) in [6, 6.07) is 18.0. The van der Waals surface area contributed by atoms with Crippen molar-refractivity contribution in [3.8, 4) is 11.1 Å². The Hall–Kier alpha value is -3.47. The SMILES string of the molecule is Cc1ccc(-c2cc(C(=O)NCCc3ccc(C)nc3)cc(N3CCCCC3=O)c2)cc1. The first-order valence-corrected chi connectivity index (χ1v) is 11.2. The maximum atomic E-state index is 13.0. The molecule has 2 heterocycles. The lowest BCUT2D eigenvalue weighted by molar-refractivity contribution is -0.119. The van der Waals surface area contributed by atoms with E-state index in [1.807, 2.05) is 48.4 Å². The molecular formula is C27H29N3O2. The lowest BCUT2D eigenvalue weighted by atomic mass is 9.99. The van der Waals surface area contributed by atoms with Gasteiger partial charge in [0.25, 0.3) is 5.91 Å². The molecular weight excluding hydrogens is 398 g/mol. The van der Waals surface area contributed by atoms with Crippen molar-refractivity contribution < 1.29 is 9.59 Å². The molecule has 5 nitrogen and oxygen atoms in total. The Morgan fingerprint density at radius 2 is 1.81 bits per heavy atom. The number of hydrogen-bond acceptors (Lipinski definition) is 3. The van der Waals surface area contributed by atoms with Gasteiger partial charge in [0.2, 0.25) is 5.91 Å². The third kappa shape index (κ3) is 5.22. The van der Waals surface area contributed by atoms with Crippen molar-refractivity contribution in [2.24, 2.45) is 0 Å². The summed E-state index contributed by atoms with van der Waals surface area (Å²) in [5.74, 6) is -0.0136. The van der Waals surface area contributed by atoms with Crippen molar-refractivity contribution >= 4 is 17.5 Å². The summed E-state index contributed by atoms with van der Waals surface area (Å²) < 4.78 is 0. The molecule has 1 saturated heterocycles. The van der Waals surface area contributed by atoms with E-state index in [1.54, 1.807) is 0 Å². The molecule has 32 heavy (non-hydrogen) atoms. The predicted octanol–water partition coefficient (Wildman–Crippen LogP) is 4.85. The summed E-state index contributed by atoms with van der Waals surface area (Å²) in [4.78, 5) is 31.7. The highest BCUT2D eigenvalue weighted by molar-refractivity contribution is 6.00. The number of nitrogens with one attached hydrogen (secondary N) is 1. The third-order valence-electron chi connectivity index (χ3n) is 5.87. The van der Waals surface area contributed by atoms with E-state index in [-0.39, 0.29) is 11.8 Å². The van der Waals surface area contributed by atoms with Crippen molar-refractivity contribution in [1.82, 2.24) is 10.3 Å². The number of piperidine rings is 1. The van der Waals surface area contributed by atoms with Gasteiger partial charge >= 0.3 is 0 Å². The molecule has 2 amide bonds. The standard InChI is InChI=1S/C27H29N3O2/c1-19-6-10-22(11-7-19)23-15-24(17-25(16-23)30-14-4-3-5-26(30)31)27(32)28-13-12-21-9-8-20(2)29-18-21/h6-11,15-18H,3-5,12-14H2,1-2H3,(H,28,32). The molecule has 1 aliphatic rings. The minimum atomic E-state index is -0.134. The molecule has 164 valence electrons. The first-order chi connectivity index (χ1) is 15.5. The zero-order valence-corrected chi connectivity index (χ0v) is 18.7. The number of aryl methyl sites for hydroxylation is 2. The summed E-state index contributed by atoms with van der Waals surface area (Å²) in [7, 11) is 0. The highest BCUT2D eigenvalue weighted by atomic mass is 16.2. The number of carbonyl (C=O) groups is 2. The molecule has 1 N–H and O–H groups in total. The summed E-state index contributed by atoms with van der Waals surface area (Å²) >= 11 is 0. The number of anilines is 1. The zero-order chi connectivity index (χ0) is 22.5. The number of nitrogens with zero attached hydrogens (tertiary/aromatic N) is 2. The molecule has 0 aliphatic carbocycles. The van der Waals surface area contributed by atoms with Gasteiger partial charge in [0.15, 0.2) is 0 Å². The van der Waals surface area contributed by atoms with Crippen LogP contribution in [0.4, 0.5) is 5.69 Å². The van der Waals surface area contributed by atoms with Crippen LogP contribution in [0.2, 0.25) is 0 Å². The van der Waals surface area contributed by atoms with Crippen LogP contribution >= 0.6 is 0 Å². The lowest BCUT2D eigenvalue weighted by Crippen LogP contribution is -2.35. The Morgan fingerprint density at radius 1 is 1.00 bits per heavy atom. The van der Waals surface area contributed by atoms with Crippen LogP contribution in [0.3, 0.4) is 0 Å². The maximum absolute atomic E-state index is 13.0. The van der Waals surface area contributed by atoms with Crippen LogP contribution in [0.1, 0.15) is 46.4 Å². The number of amides is 2. The number of pyridine rings is 1. The van der Waals surface area contributed by atoms with E-state index in [4.69, 9.17) is 0 Å². The summed E-state index contributed by atoms with van der Waals surface area (Å²) in [5, 5.41) is 3.02. The molecule has 0 bridgehead atoms. The third-order valence-corrected chi connectivity index (χ3v) is 5.87. The van der Waals surface area contributed by atoms with E-state index in [0.29, 0.717) is 31.5 Å². The molecule has 1 aliphatic heterocycles. The van der Waals surface area contributed by atoms with Gasteiger partial charge in [-0.05, 0) is 74.1 Å². The smallest absolute Gasteiger partial charge is 0.251 e. The maximum Gasteiger partial charge on any atom is 0.251 e. The van der Waals surface area contributed by atoms with Crippen molar-refractivity contribution in [2.75, 3.05) is 18.0 Å². The van der Waals surface area contributed by atoms with Crippen LogP contribution in [0.25, 0.3) is 11.1 Å². The van der Waals surface area contributed by atoms with Crippen LogP contribution in [0, 0.1) is 13.8 Å². The molecule has 5 heteroatoms. The molecule has 0 saturated carbocycles. The number of aromatic nitrogens is 1. The van der Waals surface area contributed by atoms with Gasteiger partial charge in [-0.3, -0.25) is 14.6 Å². The van der Waals surface area contributed by atoms with Crippen molar-refractivity contribution in [3.05, 3.63) is 83.2 Å². The fourth-order valence-electron chi connectivity index (χ4n) is 3.96. The van der Waals surface area contributed by atoms with Gasteiger partial charge in [-0.2, -0.15) is 0 Å². The Morgan fingerprint density at radius 3 is 2.53 bits per heavy atom. The first kappa shape index (κ1) is 21.8. The number of rotatable bonds is 6. The second kappa shape index (κ2) is 9.77. The molecule has 0 atom stereocenters. The van der Waals surface area contributed by atoms with Gasteiger partial charge in [0.1, 0.15) is 0 Å². The van der Waals surface area contributed by atoms with Crippen LogP contribution in [-0.2, 0) is 11.2 Å². The van der Waals surface area contributed by atoms with Crippen LogP contribution in [0.15, 0.2) is 60.8 Å². The average molecular weight is 428 g/mol. The monoisotopic (exact) mass is 427 g/mol. The number of hydrogen-bond donors (Lipinski definition) is 1. The minimum Gasteiger partial charge on any atom is -0.352 e. The second-order valence-electron chi connectivity index (χ2n) is 8.45. The fraction of sp³-hybridized carbons (Fsp3) is 0.296. The fourth-order valence-corrected chi connectivity index (χ4v) is 3.96. The summed E-state index contributed by atoms with van der Waals surface area (Å²) in [5.41, 5.74) is 6.57. The van der Waals surface area contributed by atoms with E-state index >= 15 is 0 Å². The van der Waals surface area contributed by atoms with Gasteiger partial charge in [-0.15, -0.1) is 0 Å². The van der Waals surface area contributed by atoms with E-state index in [1.165, 1.54) is 5.56 Å². The Labute approximate surface area is 189 Å². The van der Waals surface area contributed by atoms with Gasteiger partial charge in [-0.1, -0.05) is 35.9 Å².